The summed E-state index contributed by atoms with van der Waals surface area (Å²) in [6, 6.07) is 0. The zero-order chi connectivity index (χ0) is 11.1. The van der Waals surface area contributed by atoms with E-state index in [-0.39, 0.29) is 17.4 Å². The molecular formula is C11H20ClNO2. The van der Waals surface area contributed by atoms with Crippen molar-refractivity contribution in [3.8, 4) is 0 Å². The summed E-state index contributed by atoms with van der Waals surface area (Å²) in [6.07, 6.45) is 5.16. The van der Waals surface area contributed by atoms with Crippen LogP contribution >= 0.6 is 11.6 Å². The molecule has 1 aliphatic rings. The van der Waals surface area contributed by atoms with Crippen molar-refractivity contribution in [2.45, 2.75) is 50.5 Å². The molecule has 0 aromatic heterocycles. The van der Waals surface area contributed by atoms with Crippen LogP contribution < -0.4 is 5.32 Å². The molecule has 2 unspecified atom stereocenters. The number of alkyl halides is 1. The summed E-state index contributed by atoms with van der Waals surface area (Å²) in [7, 11) is 0. The van der Waals surface area contributed by atoms with Crippen molar-refractivity contribution in [1.82, 2.24) is 5.32 Å². The lowest BCUT2D eigenvalue weighted by atomic mass is 10.0. The minimum Gasteiger partial charge on any atom is -0.378 e. The van der Waals surface area contributed by atoms with Gasteiger partial charge in [-0.2, -0.15) is 0 Å². The monoisotopic (exact) mass is 233 g/mol. The first kappa shape index (κ1) is 12.8. The summed E-state index contributed by atoms with van der Waals surface area (Å²) in [5, 5.41) is 2.80. The Morgan fingerprint density at radius 1 is 1.60 bits per heavy atom. The largest absolute Gasteiger partial charge is 0.378 e. The van der Waals surface area contributed by atoms with Crippen molar-refractivity contribution < 1.29 is 9.53 Å². The van der Waals surface area contributed by atoms with E-state index in [4.69, 9.17) is 16.3 Å². The number of ether oxygens (including phenoxy) is 1. The van der Waals surface area contributed by atoms with E-state index in [9.17, 15) is 4.79 Å². The number of hydrogen-bond donors (Lipinski definition) is 1. The van der Waals surface area contributed by atoms with Crippen LogP contribution in [0, 0.1) is 0 Å². The highest BCUT2D eigenvalue weighted by Crippen LogP contribution is 2.16. The van der Waals surface area contributed by atoms with E-state index in [1.807, 2.05) is 6.92 Å². The van der Waals surface area contributed by atoms with Gasteiger partial charge in [-0.1, -0.05) is 0 Å². The molecule has 1 amide bonds. The Morgan fingerprint density at radius 2 is 2.40 bits per heavy atom. The Bertz CT molecular complexity index is 191. The average molecular weight is 234 g/mol. The first-order valence-corrected chi connectivity index (χ1v) is 6.14. The molecule has 1 fully saturated rings. The van der Waals surface area contributed by atoms with Crippen LogP contribution in [0.3, 0.4) is 0 Å². The molecule has 0 bridgehead atoms. The summed E-state index contributed by atoms with van der Waals surface area (Å²) in [6.45, 7) is 3.27. The highest BCUT2D eigenvalue weighted by molar-refractivity contribution is 6.20. The minimum atomic E-state index is -0.000111. The molecule has 0 aromatic carbocycles. The summed E-state index contributed by atoms with van der Waals surface area (Å²) < 4.78 is 5.55. The smallest absolute Gasteiger partial charge is 0.220 e. The minimum absolute atomic E-state index is 0.000111. The van der Waals surface area contributed by atoms with Crippen LogP contribution in [-0.4, -0.2) is 30.5 Å². The molecule has 1 aliphatic heterocycles. The second kappa shape index (κ2) is 7.07. The van der Waals surface area contributed by atoms with Crippen molar-refractivity contribution in [3.05, 3.63) is 0 Å². The van der Waals surface area contributed by atoms with Gasteiger partial charge in [0.1, 0.15) is 0 Å². The molecule has 88 valence electrons. The average Bonchev–Trinajstić information content (AvgIpc) is 2.25. The number of carbonyl (C=O) groups is 1. The molecule has 0 aromatic rings. The number of halogens is 1. The van der Waals surface area contributed by atoms with E-state index in [1.54, 1.807) is 0 Å². The van der Waals surface area contributed by atoms with Crippen molar-refractivity contribution in [3.63, 3.8) is 0 Å². The van der Waals surface area contributed by atoms with E-state index in [2.05, 4.69) is 5.32 Å². The Balaban J connectivity index is 2.05. The van der Waals surface area contributed by atoms with Crippen LogP contribution in [0.1, 0.15) is 39.0 Å². The summed E-state index contributed by atoms with van der Waals surface area (Å²) in [4.78, 5) is 11.4. The summed E-state index contributed by atoms with van der Waals surface area (Å²) >= 11 is 5.73. The topological polar surface area (TPSA) is 38.3 Å². The van der Waals surface area contributed by atoms with Gasteiger partial charge in [-0.05, 0) is 32.6 Å². The third-order valence-electron chi connectivity index (χ3n) is 2.55. The lowest BCUT2D eigenvalue weighted by molar-refractivity contribution is -0.122. The maximum absolute atomic E-state index is 11.4. The van der Waals surface area contributed by atoms with Gasteiger partial charge >= 0.3 is 0 Å². The molecule has 15 heavy (non-hydrogen) atoms. The van der Waals surface area contributed by atoms with Crippen molar-refractivity contribution in [2.75, 3.05) is 13.2 Å². The third-order valence-corrected chi connectivity index (χ3v) is 2.70. The Morgan fingerprint density at radius 3 is 3.00 bits per heavy atom. The number of carbonyl (C=O) groups excluding carboxylic acids is 1. The molecule has 0 radical (unpaired) electrons. The molecule has 2 atom stereocenters. The van der Waals surface area contributed by atoms with Gasteiger partial charge in [-0.3, -0.25) is 4.79 Å². The van der Waals surface area contributed by atoms with Gasteiger partial charge < -0.3 is 10.1 Å². The molecule has 0 aliphatic carbocycles. The number of nitrogens with one attached hydrogen (secondary N) is 1. The molecule has 1 saturated heterocycles. The highest BCUT2D eigenvalue weighted by Gasteiger charge is 2.15. The third kappa shape index (κ3) is 6.00. The predicted octanol–water partition coefficient (Wildman–Crippen LogP) is 2.08. The maximum atomic E-state index is 11.4. The lowest BCUT2D eigenvalue weighted by Gasteiger charge is -2.22. The Labute approximate surface area is 96.5 Å². The molecule has 1 heterocycles. The van der Waals surface area contributed by atoms with Gasteiger partial charge in [0.15, 0.2) is 0 Å². The van der Waals surface area contributed by atoms with E-state index in [0.717, 1.165) is 25.9 Å². The second-order valence-corrected chi connectivity index (χ2v) is 4.86. The molecule has 4 heteroatoms. The van der Waals surface area contributed by atoms with E-state index in [1.165, 1.54) is 6.42 Å². The van der Waals surface area contributed by atoms with Crippen LogP contribution in [0.25, 0.3) is 0 Å². The fourth-order valence-electron chi connectivity index (χ4n) is 1.67. The van der Waals surface area contributed by atoms with Crippen LogP contribution in [0.2, 0.25) is 0 Å². The standard InChI is InChI=1S/C11H20ClNO2/c1-9(12)8-13-11(14)6-5-10-4-2-3-7-15-10/h9-10H,2-8H2,1H3,(H,13,14). The van der Waals surface area contributed by atoms with Gasteiger partial charge in [0, 0.05) is 24.9 Å². The van der Waals surface area contributed by atoms with Crippen molar-refractivity contribution in [1.29, 1.82) is 0 Å². The van der Waals surface area contributed by atoms with E-state index < -0.39 is 0 Å². The zero-order valence-electron chi connectivity index (χ0n) is 9.30. The first-order chi connectivity index (χ1) is 7.18. The summed E-state index contributed by atoms with van der Waals surface area (Å²) in [5.41, 5.74) is 0. The van der Waals surface area contributed by atoms with E-state index >= 15 is 0 Å². The van der Waals surface area contributed by atoms with Crippen LogP contribution in [-0.2, 0) is 9.53 Å². The van der Waals surface area contributed by atoms with Crippen LogP contribution in [0.4, 0.5) is 0 Å². The quantitative estimate of drug-likeness (QED) is 0.739. The maximum Gasteiger partial charge on any atom is 0.220 e. The van der Waals surface area contributed by atoms with Gasteiger partial charge in [0.2, 0.25) is 5.91 Å². The zero-order valence-corrected chi connectivity index (χ0v) is 10.1. The van der Waals surface area contributed by atoms with E-state index in [0.29, 0.717) is 13.0 Å². The molecule has 1 N–H and O–H groups in total. The van der Waals surface area contributed by atoms with Gasteiger partial charge in [-0.15, -0.1) is 11.6 Å². The fourth-order valence-corrected chi connectivity index (χ4v) is 1.75. The lowest BCUT2D eigenvalue weighted by Crippen LogP contribution is -2.30. The highest BCUT2D eigenvalue weighted by atomic mass is 35.5. The molecular weight excluding hydrogens is 214 g/mol. The van der Waals surface area contributed by atoms with Crippen molar-refractivity contribution in [2.24, 2.45) is 0 Å². The molecule has 0 spiro atoms. The van der Waals surface area contributed by atoms with Gasteiger partial charge in [0.05, 0.1) is 6.10 Å². The normalized spacial score (nSPS) is 23.5. The Kier molecular flexibility index (Phi) is 6.03. The molecule has 1 rings (SSSR count). The SMILES string of the molecule is CC(Cl)CNC(=O)CCC1CCCCO1. The number of hydrogen-bond acceptors (Lipinski definition) is 2. The van der Waals surface area contributed by atoms with Gasteiger partial charge in [-0.25, -0.2) is 0 Å². The molecule has 3 nitrogen and oxygen atoms in total. The number of amides is 1. The van der Waals surface area contributed by atoms with Crippen LogP contribution in [0.15, 0.2) is 0 Å². The summed E-state index contributed by atoms with van der Waals surface area (Å²) in [5.74, 6) is 0.0803. The first-order valence-electron chi connectivity index (χ1n) is 5.71. The van der Waals surface area contributed by atoms with Gasteiger partial charge in [0.25, 0.3) is 0 Å². The molecule has 0 saturated carbocycles. The fraction of sp³-hybridized carbons (Fsp3) is 0.909. The second-order valence-electron chi connectivity index (χ2n) is 4.11. The van der Waals surface area contributed by atoms with Crippen LogP contribution in [0.5, 0.6) is 0 Å². The Hall–Kier alpha value is -0.280. The van der Waals surface area contributed by atoms with Crippen molar-refractivity contribution >= 4 is 17.5 Å². The predicted molar refractivity (Wildman–Crippen MR) is 61.1 cm³/mol. The number of rotatable bonds is 5.